The predicted octanol–water partition coefficient (Wildman–Crippen LogP) is 2.79. The highest BCUT2D eigenvalue weighted by atomic mass is 32.1. The molecule has 0 aliphatic carbocycles. The summed E-state index contributed by atoms with van der Waals surface area (Å²) in [5.41, 5.74) is 4.68. The second-order valence-corrected chi connectivity index (χ2v) is 9.05. The van der Waals surface area contributed by atoms with Gasteiger partial charge >= 0.3 is 0 Å². The van der Waals surface area contributed by atoms with E-state index in [9.17, 15) is 4.79 Å². The molecule has 5 nitrogen and oxygen atoms in total. The minimum Gasteiger partial charge on any atom is -0.370 e. The van der Waals surface area contributed by atoms with Crippen molar-refractivity contribution in [1.82, 2.24) is 4.98 Å². The third kappa shape index (κ3) is 5.06. The Morgan fingerprint density at radius 2 is 1.87 bits per heavy atom. The van der Waals surface area contributed by atoms with E-state index in [1.165, 1.54) is 21.6 Å². The van der Waals surface area contributed by atoms with Crippen molar-refractivity contribution in [3.05, 3.63) is 59.2 Å². The molecule has 6 heteroatoms. The van der Waals surface area contributed by atoms with Gasteiger partial charge in [0.05, 0.1) is 36.5 Å². The standard InChI is InChI=1S/C24H29N3O2S/c1-18-16-21-22(17-19(18)2)30-24(25-21)27(11-10-26-12-14-29-15-13-26)23(28)9-8-20-6-4-3-5-7-20/h3-7,16-17H,8-15H2,1-2H3/p+1. The number of ether oxygens (including phenoxy) is 1. The number of thiazole rings is 1. The molecule has 1 aliphatic heterocycles. The molecule has 30 heavy (non-hydrogen) atoms. The molecule has 0 unspecified atom stereocenters. The Balaban J connectivity index is 1.53. The van der Waals surface area contributed by atoms with Crippen molar-refractivity contribution in [3.8, 4) is 0 Å². The number of morpholine rings is 1. The monoisotopic (exact) mass is 424 g/mol. The van der Waals surface area contributed by atoms with Gasteiger partial charge in [-0.15, -0.1) is 0 Å². The lowest BCUT2D eigenvalue weighted by Gasteiger charge is -2.27. The van der Waals surface area contributed by atoms with Crippen LogP contribution in [0.25, 0.3) is 10.2 Å². The second-order valence-electron chi connectivity index (χ2n) is 8.04. The van der Waals surface area contributed by atoms with Crippen molar-refractivity contribution in [3.63, 3.8) is 0 Å². The molecule has 0 saturated carbocycles. The van der Waals surface area contributed by atoms with Gasteiger partial charge in [0.25, 0.3) is 0 Å². The molecule has 0 radical (unpaired) electrons. The summed E-state index contributed by atoms with van der Waals surface area (Å²) in [5, 5.41) is 0.820. The van der Waals surface area contributed by atoms with Crippen LogP contribution in [-0.2, 0) is 16.0 Å². The molecular formula is C24H30N3O2S+. The quantitative estimate of drug-likeness (QED) is 0.635. The van der Waals surface area contributed by atoms with Crippen molar-refractivity contribution in [2.24, 2.45) is 0 Å². The molecular weight excluding hydrogens is 394 g/mol. The Morgan fingerprint density at radius 1 is 1.13 bits per heavy atom. The number of hydrogen-bond donors (Lipinski definition) is 1. The molecule has 2 aromatic carbocycles. The first-order chi connectivity index (χ1) is 14.6. The SMILES string of the molecule is Cc1cc2nc(N(CC[NH+]3CCOCC3)C(=O)CCc3ccccc3)sc2cc1C. The molecule has 0 bridgehead atoms. The number of quaternary nitrogens is 1. The van der Waals surface area contributed by atoms with Gasteiger partial charge in [-0.05, 0) is 49.1 Å². The highest BCUT2D eigenvalue weighted by Gasteiger charge is 2.23. The molecule has 1 aromatic heterocycles. The van der Waals surface area contributed by atoms with Crippen LogP contribution in [-0.4, -0.2) is 50.3 Å². The third-order valence-electron chi connectivity index (χ3n) is 5.88. The Labute approximate surface area is 182 Å². The van der Waals surface area contributed by atoms with E-state index >= 15 is 0 Å². The number of anilines is 1. The molecule has 1 saturated heterocycles. The van der Waals surface area contributed by atoms with E-state index in [4.69, 9.17) is 9.72 Å². The van der Waals surface area contributed by atoms with Crippen LogP contribution in [0.5, 0.6) is 0 Å². The van der Waals surface area contributed by atoms with Gasteiger partial charge in [-0.25, -0.2) is 4.98 Å². The Morgan fingerprint density at radius 3 is 2.63 bits per heavy atom. The fraction of sp³-hybridized carbons (Fsp3) is 0.417. The van der Waals surface area contributed by atoms with Crippen molar-refractivity contribution in [2.75, 3.05) is 44.3 Å². The summed E-state index contributed by atoms with van der Waals surface area (Å²) in [5.74, 6) is 0.152. The highest BCUT2D eigenvalue weighted by Crippen LogP contribution is 2.31. The van der Waals surface area contributed by atoms with Crippen molar-refractivity contribution in [1.29, 1.82) is 0 Å². The van der Waals surface area contributed by atoms with Crippen LogP contribution >= 0.6 is 11.3 Å². The summed E-state index contributed by atoms with van der Waals surface area (Å²) >= 11 is 1.62. The maximum atomic E-state index is 13.3. The zero-order valence-corrected chi connectivity index (χ0v) is 18.6. The third-order valence-corrected chi connectivity index (χ3v) is 6.92. The normalized spacial score (nSPS) is 14.9. The number of fused-ring (bicyclic) bond motifs is 1. The lowest BCUT2D eigenvalue weighted by atomic mass is 10.1. The molecule has 2 heterocycles. The summed E-state index contributed by atoms with van der Waals surface area (Å²) in [6, 6.07) is 14.5. The van der Waals surface area contributed by atoms with Gasteiger partial charge in [0.1, 0.15) is 13.1 Å². The van der Waals surface area contributed by atoms with Crippen LogP contribution in [0.4, 0.5) is 5.13 Å². The average molecular weight is 425 g/mol. The topological polar surface area (TPSA) is 46.9 Å². The van der Waals surface area contributed by atoms with Crippen molar-refractivity contribution >= 4 is 32.6 Å². The summed E-state index contributed by atoms with van der Waals surface area (Å²) in [6.45, 7) is 9.47. The van der Waals surface area contributed by atoms with Crippen LogP contribution in [0, 0.1) is 13.8 Å². The number of aromatic nitrogens is 1. The number of rotatable bonds is 7. The highest BCUT2D eigenvalue weighted by molar-refractivity contribution is 7.22. The van der Waals surface area contributed by atoms with Crippen molar-refractivity contribution in [2.45, 2.75) is 26.7 Å². The molecule has 0 atom stereocenters. The number of benzene rings is 2. The van der Waals surface area contributed by atoms with E-state index in [0.717, 1.165) is 54.6 Å². The van der Waals surface area contributed by atoms with Crippen molar-refractivity contribution < 1.29 is 14.4 Å². The minimum absolute atomic E-state index is 0.152. The molecule has 1 aliphatic rings. The van der Waals surface area contributed by atoms with Gasteiger partial charge in [-0.2, -0.15) is 0 Å². The van der Waals surface area contributed by atoms with E-state index < -0.39 is 0 Å². The summed E-state index contributed by atoms with van der Waals surface area (Å²) in [4.78, 5) is 21.5. The van der Waals surface area contributed by atoms with E-state index in [1.54, 1.807) is 11.3 Å². The first-order valence-electron chi connectivity index (χ1n) is 10.7. The second kappa shape index (κ2) is 9.69. The maximum absolute atomic E-state index is 13.3. The molecule has 1 fully saturated rings. The number of hydrogen-bond acceptors (Lipinski definition) is 4. The summed E-state index contributed by atoms with van der Waals surface area (Å²) in [6.07, 6.45) is 1.25. The molecule has 0 spiro atoms. The minimum atomic E-state index is 0.152. The first-order valence-corrected chi connectivity index (χ1v) is 11.6. The van der Waals surface area contributed by atoms with E-state index in [1.807, 2.05) is 23.1 Å². The van der Waals surface area contributed by atoms with Crippen LogP contribution in [0.1, 0.15) is 23.1 Å². The maximum Gasteiger partial charge on any atom is 0.229 e. The number of amides is 1. The lowest BCUT2D eigenvalue weighted by Crippen LogP contribution is -3.14. The van der Waals surface area contributed by atoms with Crippen LogP contribution in [0.3, 0.4) is 0 Å². The summed E-state index contributed by atoms with van der Waals surface area (Å²) < 4.78 is 6.62. The summed E-state index contributed by atoms with van der Waals surface area (Å²) in [7, 11) is 0. The first kappa shape index (κ1) is 21.0. The average Bonchev–Trinajstić information content (AvgIpc) is 3.16. The number of carbonyl (C=O) groups is 1. The largest absolute Gasteiger partial charge is 0.370 e. The Kier molecular flexibility index (Phi) is 6.77. The number of nitrogens with zero attached hydrogens (tertiary/aromatic N) is 2. The van der Waals surface area contributed by atoms with E-state index in [0.29, 0.717) is 13.0 Å². The van der Waals surface area contributed by atoms with Gasteiger partial charge in [0, 0.05) is 6.42 Å². The van der Waals surface area contributed by atoms with Crippen LogP contribution < -0.4 is 9.80 Å². The number of aryl methyl sites for hydroxylation is 3. The predicted molar refractivity (Wildman–Crippen MR) is 123 cm³/mol. The number of nitrogens with one attached hydrogen (secondary N) is 1. The molecule has 3 aromatic rings. The zero-order chi connectivity index (χ0) is 20.9. The molecule has 1 N–H and O–H groups in total. The Bertz CT molecular complexity index is 957. The van der Waals surface area contributed by atoms with Gasteiger partial charge in [0.15, 0.2) is 5.13 Å². The molecule has 158 valence electrons. The van der Waals surface area contributed by atoms with Gasteiger partial charge in [-0.3, -0.25) is 9.69 Å². The van der Waals surface area contributed by atoms with Crippen LogP contribution in [0.15, 0.2) is 42.5 Å². The van der Waals surface area contributed by atoms with Gasteiger partial charge in [0.2, 0.25) is 5.91 Å². The molecule has 1 amide bonds. The zero-order valence-electron chi connectivity index (χ0n) is 17.8. The van der Waals surface area contributed by atoms with E-state index in [2.05, 4.69) is 38.1 Å². The lowest BCUT2D eigenvalue weighted by molar-refractivity contribution is -0.906. The Hall–Kier alpha value is -2.28. The number of carbonyl (C=O) groups excluding carboxylic acids is 1. The van der Waals surface area contributed by atoms with Gasteiger partial charge < -0.3 is 9.64 Å². The fourth-order valence-electron chi connectivity index (χ4n) is 3.82. The smallest absolute Gasteiger partial charge is 0.229 e. The van der Waals surface area contributed by atoms with E-state index in [-0.39, 0.29) is 5.91 Å². The fourth-order valence-corrected chi connectivity index (χ4v) is 4.91. The molecule has 4 rings (SSSR count). The van der Waals surface area contributed by atoms with Crippen LogP contribution in [0.2, 0.25) is 0 Å². The van der Waals surface area contributed by atoms with Gasteiger partial charge in [-0.1, -0.05) is 41.7 Å².